The minimum absolute atomic E-state index is 0.139. The highest BCUT2D eigenvalue weighted by atomic mass is 32.2. The van der Waals surface area contributed by atoms with E-state index in [-0.39, 0.29) is 17.9 Å². The highest BCUT2D eigenvalue weighted by Gasteiger charge is 2.24. The van der Waals surface area contributed by atoms with Gasteiger partial charge in [0.25, 0.3) is 10.0 Å². The van der Waals surface area contributed by atoms with Gasteiger partial charge in [0.15, 0.2) is 0 Å². The summed E-state index contributed by atoms with van der Waals surface area (Å²) in [5.41, 5.74) is 1.71. The van der Waals surface area contributed by atoms with Crippen LogP contribution < -0.4 is 4.31 Å². The van der Waals surface area contributed by atoms with E-state index in [4.69, 9.17) is 5.26 Å². The van der Waals surface area contributed by atoms with Crippen LogP contribution in [0.15, 0.2) is 59.5 Å². The van der Waals surface area contributed by atoms with Crippen molar-refractivity contribution in [1.82, 2.24) is 0 Å². The van der Waals surface area contributed by atoms with Gasteiger partial charge in [0.05, 0.1) is 23.1 Å². The second kappa shape index (κ2) is 8.51. The van der Waals surface area contributed by atoms with Gasteiger partial charge in [-0.2, -0.15) is 5.26 Å². The number of para-hydroxylation sites is 1. The summed E-state index contributed by atoms with van der Waals surface area (Å²) in [6.45, 7) is 2.27. The molecule has 0 amide bonds. The average Bonchev–Trinajstić information content (AvgIpc) is 2.61. The van der Waals surface area contributed by atoms with Crippen molar-refractivity contribution in [3.63, 3.8) is 0 Å². The highest BCUT2D eigenvalue weighted by molar-refractivity contribution is 7.92. The molecule has 2 aromatic rings. The number of hydrogen-bond donors (Lipinski definition) is 0. The number of nitriles is 1. The monoisotopic (exact) mass is 342 g/mol. The molecule has 2 aromatic carbocycles. The fourth-order valence-electron chi connectivity index (χ4n) is 2.47. The SMILES string of the molecule is CCCCc1ccc(S(=O)(=O)N(CCC#N)c2ccccc2)cc1. The van der Waals surface area contributed by atoms with Crippen molar-refractivity contribution < 1.29 is 8.42 Å². The smallest absolute Gasteiger partial charge is 0.264 e. The topological polar surface area (TPSA) is 61.2 Å². The molecule has 0 unspecified atom stereocenters. The van der Waals surface area contributed by atoms with Crippen LogP contribution in [-0.2, 0) is 16.4 Å². The number of nitrogens with zero attached hydrogens (tertiary/aromatic N) is 2. The van der Waals surface area contributed by atoms with Crippen LogP contribution in [0.5, 0.6) is 0 Å². The summed E-state index contributed by atoms with van der Waals surface area (Å²) in [6, 6.07) is 18.0. The Hall–Kier alpha value is -2.32. The summed E-state index contributed by atoms with van der Waals surface area (Å²) in [5.74, 6) is 0. The number of benzene rings is 2. The van der Waals surface area contributed by atoms with Crippen LogP contribution in [0, 0.1) is 11.3 Å². The molecule has 0 radical (unpaired) electrons. The van der Waals surface area contributed by atoms with Crippen molar-refractivity contribution in [1.29, 1.82) is 5.26 Å². The molecule has 2 rings (SSSR count). The van der Waals surface area contributed by atoms with E-state index in [0.717, 1.165) is 24.8 Å². The van der Waals surface area contributed by atoms with Crippen LogP contribution in [0.3, 0.4) is 0 Å². The maximum absolute atomic E-state index is 13.0. The lowest BCUT2D eigenvalue weighted by Crippen LogP contribution is -2.31. The quantitative estimate of drug-likeness (QED) is 0.724. The van der Waals surface area contributed by atoms with Gasteiger partial charge in [0, 0.05) is 6.54 Å². The lowest BCUT2D eigenvalue weighted by molar-refractivity contribution is 0.591. The summed E-state index contributed by atoms with van der Waals surface area (Å²) < 4.78 is 27.3. The van der Waals surface area contributed by atoms with Gasteiger partial charge in [-0.15, -0.1) is 0 Å². The zero-order valence-corrected chi connectivity index (χ0v) is 14.7. The molecule has 0 heterocycles. The van der Waals surface area contributed by atoms with Crippen molar-refractivity contribution in [2.24, 2.45) is 0 Å². The van der Waals surface area contributed by atoms with E-state index in [0.29, 0.717) is 5.69 Å². The third-order valence-corrected chi connectivity index (χ3v) is 5.64. The number of rotatable bonds is 8. The summed E-state index contributed by atoms with van der Waals surface area (Å²) in [7, 11) is -3.68. The van der Waals surface area contributed by atoms with Crippen LogP contribution in [0.4, 0.5) is 5.69 Å². The first-order valence-corrected chi connectivity index (χ1v) is 9.57. The normalized spacial score (nSPS) is 11.0. The minimum atomic E-state index is -3.68. The second-order valence-corrected chi connectivity index (χ2v) is 7.43. The molecule has 0 aromatic heterocycles. The van der Waals surface area contributed by atoms with E-state index in [9.17, 15) is 8.42 Å². The molecule has 0 N–H and O–H groups in total. The molecular formula is C19H22N2O2S. The van der Waals surface area contributed by atoms with Gasteiger partial charge >= 0.3 is 0 Å². The molecule has 0 bridgehead atoms. The van der Waals surface area contributed by atoms with E-state index in [1.54, 1.807) is 36.4 Å². The zero-order chi connectivity index (χ0) is 17.4. The Labute approximate surface area is 144 Å². The largest absolute Gasteiger partial charge is 0.265 e. The molecule has 4 nitrogen and oxygen atoms in total. The third-order valence-electron chi connectivity index (χ3n) is 3.80. The minimum Gasteiger partial charge on any atom is -0.265 e. The van der Waals surface area contributed by atoms with Gasteiger partial charge in [-0.05, 0) is 42.7 Å². The Bertz CT molecular complexity index is 778. The summed E-state index contributed by atoms with van der Waals surface area (Å²) in [5, 5.41) is 8.85. The number of sulfonamides is 1. The van der Waals surface area contributed by atoms with Gasteiger partial charge in [0.2, 0.25) is 0 Å². The van der Waals surface area contributed by atoms with Crippen LogP contribution in [-0.4, -0.2) is 15.0 Å². The van der Waals surface area contributed by atoms with E-state index < -0.39 is 10.0 Å². The van der Waals surface area contributed by atoms with Crippen molar-refractivity contribution in [2.75, 3.05) is 10.8 Å². The highest BCUT2D eigenvalue weighted by Crippen LogP contribution is 2.24. The summed E-state index contributed by atoms with van der Waals surface area (Å²) in [4.78, 5) is 0.254. The molecule has 0 saturated heterocycles. The molecule has 0 spiro atoms. The number of unbranched alkanes of at least 4 members (excludes halogenated alkanes) is 1. The van der Waals surface area contributed by atoms with Gasteiger partial charge in [-0.3, -0.25) is 4.31 Å². The van der Waals surface area contributed by atoms with Crippen LogP contribution in [0.25, 0.3) is 0 Å². The number of anilines is 1. The molecule has 0 saturated carbocycles. The van der Waals surface area contributed by atoms with Crippen LogP contribution in [0.2, 0.25) is 0 Å². The number of aryl methyl sites for hydroxylation is 1. The maximum Gasteiger partial charge on any atom is 0.264 e. The first kappa shape index (κ1) is 18.0. The van der Waals surface area contributed by atoms with Gasteiger partial charge in [-0.25, -0.2) is 8.42 Å². The molecule has 0 atom stereocenters. The summed E-state index contributed by atoms with van der Waals surface area (Å²) in [6.07, 6.45) is 3.29. The Kier molecular flexibility index (Phi) is 6.39. The van der Waals surface area contributed by atoms with E-state index in [1.807, 2.05) is 24.3 Å². The van der Waals surface area contributed by atoms with Crippen molar-refractivity contribution >= 4 is 15.7 Å². The first-order chi connectivity index (χ1) is 11.6. The zero-order valence-electron chi connectivity index (χ0n) is 13.9. The van der Waals surface area contributed by atoms with Gasteiger partial charge < -0.3 is 0 Å². The lowest BCUT2D eigenvalue weighted by Gasteiger charge is -2.23. The molecule has 0 fully saturated rings. The Morgan fingerprint density at radius 2 is 1.71 bits per heavy atom. The van der Waals surface area contributed by atoms with E-state index in [1.165, 1.54) is 4.31 Å². The van der Waals surface area contributed by atoms with Crippen molar-refractivity contribution in [3.05, 3.63) is 60.2 Å². The van der Waals surface area contributed by atoms with Gasteiger partial charge in [-0.1, -0.05) is 43.7 Å². The fourth-order valence-corrected chi connectivity index (χ4v) is 3.94. The Morgan fingerprint density at radius 1 is 1.04 bits per heavy atom. The fraction of sp³-hybridized carbons (Fsp3) is 0.316. The van der Waals surface area contributed by atoms with Crippen LogP contribution >= 0.6 is 0 Å². The number of hydrogen-bond acceptors (Lipinski definition) is 3. The second-order valence-electron chi connectivity index (χ2n) is 5.57. The van der Waals surface area contributed by atoms with Crippen molar-refractivity contribution in [2.45, 2.75) is 37.5 Å². The maximum atomic E-state index is 13.0. The first-order valence-electron chi connectivity index (χ1n) is 8.13. The Morgan fingerprint density at radius 3 is 2.29 bits per heavy atom. The predicted molar refractivity (Wildman–Crippen MR) is 96.3 cm³/mol. The predicted octanol–water partition coefficient (Wildman–Crippen LogP) is 4.14. The van der Waals surface area contributed by atoms with Gasteiger partial charge in [0.1, 0.15) is 0 Å². The molecule has 0 aliphatic heterocycles. The molecular weight excluding hydrogens is 320 g/mol. The standard InChI is InChI=1S/C19H22N2O2S/c1-2-3-8-17-11-13-19(14-12-17)24(22,23)21(16-7-15-20)18-9-5-4-6-10-18/h4-6,9-14H,2-3,7-8,16H2,1H3. The van der Waals surface area contributed by atoms with E-state index in [2.05, 4.69) is 6.92 Å². The average molecular weight is 342 g/mol. The third kappa shape index (κ3) is 4.36. The van der Waals surface area contributed by atoms with Crippen molar-refractivity contribution in [3.8, 4) is 6.07 Å². The molecule has 0 aliphatic carbocycles. The molecule has 126 valence electrons. The molecule has 0 aliphatic rings. The van der Waals surface area contributed by atoms with Crippen LogP contribution in [0.1, 0.15) is 31.7 Å². The molecule has 5 heteroatoms. The Balaban J connectivity index is 2.32. The van der Waals surface area contributed by atoms with E-state index >= 15 is 0 Å². The molecule has 24 heavy (non-hydrogen) atoms. The lowest BCUT2D eigenvalue weighted by atomic mass is 10.1. The summed E-state index contributed by atoms with van der Waals surface area (Å²) >= 11 is 0.